The van der Waals surface area contributed by atoms with Gasteiger partial charge in [0.2, 0.25) is 0 Å². The predicted octanol–water partition coefficient (Wildman–Crippen LogP) is 5.46. The molecule has 0 fully saturated rings. The van der Waals surface area contributed by atoms with E-state index in [4.69, 9.17) is 4.74 Å². The first kappa shape index (κ1) is 16.6. The van der Waals surface area contributed by atoms with Crippen molar-refractivity contribution in [2.75, 3.05) is 0 Å². The molecule has 2 nitrogen and oxygen atoms in total. The van der Waals surface area contributed by atoms with Crippen molar-refractivity contribution in [2.24, 2.45) is 0 Å². The van der Waals surface area contributed by atoms with Crippen molar-refractivity contribution < 1.29 is 9.53 Å². The van der Waals surface area contributed by atoms with Gasteiger partial charge < -0.3 is 4.74 Å². The van der Waals surface area contributed by atoms with Crippen molar-refractivity contribution in [1.82, 2.24) is 0 Å². The Balaban J connectivity index is 1.65. The molecule has 0 aromatic heterocycles. The first-order valence-corrected chi connectivity index (χ1v) is 8.67. The van der Waals surface area contributed by atoms with E-state index < -0.39 is 0 Å². The summed E-state index contributed by atoms with van der Waals surface area (Å²) >= 11 is 0. The molecule has 0 atom stereocenters. The van der Waals surface area contributed by atoms with Gasteiger partial charge in [0.05, 0.1) is 11.1 Å². The number of carbonyl (C=O) groups excluding carboxylic acids is 1. The lowest BCUT2D eigenvalue weighted by atomic mass is 10.0. The number of hydrogen-bond donors (Lipinski definition) is 0. The van der Waals surface area contributed by atoms with Crippen LogP contribution in [-0.2, 0) is 0 Å². The van der Waals surface area contributed by atoms with Gasteiger partial charge in [-0.1, -0.05) is 78.6 Å². The van der Waals surface area contributed by atoms with E-state index >= 15 is 0 Å². The fraction of sp³-hybridized carbons (Fsp3) is 0. The van der Waals surface area contributed by atoms with Crippen LogP contribution in [0.25, 0.3) is 10.8 Å². The third-order valence-corrected chi connectivity index (χ3v) is 4.21. The minimum absolute atomic E-state index is 0.388. The third kappa shape index (κ3) is 3.73. The van der Waals surface area contributed by atoms with Gasteiger partial charge in [-0.2, -0.15) is 0 Å². The zero-order chi connectivity index (χ0) is 18.5. The van der Waals surface area contributed by atoms with Crippen LogP contribution < -0.4 is 4.74 Å². The van der Waals surface area contributed by atoms with E-state index in [1.54, 1.807) is 12.1 Å². The van der Waals surface area contributed by atoms with Crippen molar-refractivity contribution in [2.45, 2.75) is 0 Å². The van der Waals surface area contributed by atoms with E-state index in [9.17, 15) is 4.79 Å². The highest BCUT2D eigenvalue weighted by molar-refractivity contribution is 6.05. The first-order chi connectivity index (χ1) is 13.3. The molecule has 0 aliphatic carbocycles. The van der Waals surface area contributed by atoms with Crippen LogP contribution in [-0.4, -0.2) is 5.97 Å². The molecule has 0 aliphatic heterocycles. The Morgan fingerprint density at radius 1 is 0.667 bits per heavy atom. The zero-order valence-electron chi connectivity index (χ0n) is 14.6. The van der Waals surface area contributed by atoms with Crippen molar-refractivity contribution in [3.8, 4) is 17.6 Å². The van der Waals surface area contributed by atoms with Gasteiger partial charge in [0.25, 0.3) is 0 Å². The maximum atomic E-state index is 12.8. The fourth-order valence-electron chi connectivity index (χ4n) is 2.88. The van der Waals surface area contributed by atoms with E-state index in [1.165, 1.54) is 0 Å². The van der Waals surface area contributed by atoms with Crippen LogP contribution in [0.15, 0.2) is 97.1 Å². The van der Waals surface area contributed by atoms with Crippen LogP contribution >= 0.6 is 0 Å². The quantitative estimate of drug-likeness (QED) is 0.273. The molecule has 0 amide bonds. The molecular weight excluding hydrogens is 332 g/mol. The lowest BCUT2D eigenvalue weighted by Gasteiger charge is -2.08. The van der Waals surface area contributed by atoms with Gasteiger partial charge in [-0.25, -0.2) is 4.79 Å². The molecule has 4 aromatic carbocycles. The number of hydrogen-bond acceptors (Lipinski definition) is 2. The summed E-state index contributed by atoms with van der Waals surface area (Å²) in [5, 5.41) is 1.88. The number of rotatable bonds is 2. The van der Waals surface area contributed by atoms with Gasteiger partial charge in [0, 0.05) is 5.56 Å². The average molecular weight is 348 g/mol. The highest BCUT2D eigenvalue weighted by atomic mass is 16.5. The number of ether oxygens (including phenoxy) is 1. The molecule has 4 rings (SSSR count). The van der Waals surface area contributed by atoms with Crippen LogP contribution in [0.5, 0.6) is 5.75 Å². The summed E-state index contributed by atoms with van der Waals surface area (Å²) in [5.74, 6) is 6.27. The molecule has 2 heteroatoms. The van der Waals surface area contributed by atoms with E-state index in [-0.39, 0.29) is 5.97 Å². The molecule has 0 saturated heterocycles. The number of esters is 1. The van der Waals surface area contributed by atoms with E-state index in [2.05, 4.69) is 11.8 Å². The van der Waals surface area contributed by atoms with Crippen LogP contribution in [0.2, 0.25) is 0 Å². The maximum Gasteiger partial charge on any atom is 0.344 e. The summed E-state index contributed by atoms with van der Waals surface area (Å²) in [7, 11) is 0. The Bertz CT molecular complexity index is 1160. The predicted molar refractivity (Wildman–Crippen MR) is 108 cm³/mol. The van der Waals surface area contributed by atoms with Crippen LogP contribution in [0.1, 0.15) is 21.5 Å². The van der Waals surface area contributed by atoms with E-state index in [0.717, 1.165) is 16.3 Å². The minimum Gasteiger partial charge on any atom is -0.422 e. The topological polar surface area (TPSA) is 26.3 Å². The maximum absolute atomic E-state index is 12.8. The van der Waals surface area contributed by atoms with E-state index in [1.807, 2.05) is 84.9 Å². The number of benzene rings is 4. The molecule has 0 saturated carbocycles. The Hall–Kier alpha value is -3.83. The second-order valence-corrected chi connectivity index (χ2v) is 6.03. The SMILES string of the molecule is O=C(Oc1ccccc1C#Cc1ccccc1)c1cccc2ccccc12. The molecule has 0 spiro atoms. The van der Waals surface area contributed by atoms with Gasteiger partial charge in [0.15, 0.2) is 0 Å². The van der Waals surface area contributed by atoms with Crippen molar-refractivity contribution in [1.29, 1.82) is 0 Å². The van der Waals surface area contributed by atoms with Gasteiger partial charge in [-0.05, 0) is 41.1 Å². The zero-order valence-corrected chi connectivity index (χ0v) is 14.6. The second-order valence-electron chi connectivity index (χ2n) is 6.03. The lowest BCUT2D eigenvalue weighted by Crippen LogP contribution is -2.10. The Morgan fingerprint density at radius 2 is 1.37 bits per heavy atom. The number of fused-ring (bicyclic) bond motifs is 1. The molecule has 0 aliphatic rings. The van der Waals surface area contributed by atoms with Gasteiger partial charge in [-0.3, -0.25) is 0 Å². The van der Waals surface area contributed by atoms with Crippen LogP contribution in [0, 0.1) is 11.8 Å². The Morgan fingerprint density at radius 3 is 2.26 bits per heavy atom. The molecule has 0 unspecified atom stereocenters. The Kier molecular flexibility index (Phi) is 4.68. The van der Waals surface area contributed by atoms with E-state index in [0.29, 0.717) is 16.9 Å². The summed E-state index contributed by atoms with van der Waals surface area (Å²) in [4.78, 5) is 12.8. The normalized spacial score (nSPS) is 10.1. The molecule has 0 heterocycles. The fourth-order valence-corrected chi connectivity index (χ4v) is 2.88. The summed E-state index contributed by atoms with van der Waals surface area (Å²) in [6.45, 7) is 0. The summed E-state index contributed by atoms with van der Waals surface area (Å²) < 4.78 is 5.69. The first-order valence-electron chi connectivity index (χ1n) is 8.67. The largest absolute Gasteiger partial charge is 0.422 e. The standard InChI is InChI=1S/C25H16O2/c26-25(23-15-8-13-20-11-4-6-14-22(20)23)27-24-16-7-5-12-21(24)18-17-19-9-2-1-3-10-19/h1-16H. The number of para-hydroxylation sites is 1. The summed E-state index contributed by atoms with van der Waals surface area (Å²) in [5.41, 5.74) is 2.13. The van der Waals surface area contributed by atoms with Gasteiger partial charge in [0.1, 0.15) is 5.75 Å². The Labute approximate surface area is 158 Å². The minimum atomic E-state index is -0.388. The summed E-state index contributed by atoms with van der Waals surface area (Å²) in [6, 6.07) is 30.4. The third-order valence-electron chi connectivity index (χ3n) is 4.21. The smallest absolute Gasteiger partial charge is 0.344 e. The molecule has 0 N–H and O–H groups in total. The lowest BCUT2D eigenvalue weighted by molar-refractivity contribution is 0.0736. The highest BCUT2D eigenvalue weighted by Gasteiger charge is 2.13. The monoisotopic (exact) mass is 348 g/mol. The van der Waals surface area contributed by atoms with Crippen molar-refractivity contribution in [3.05, 3.63) is 114 Å². The van der Waals surface area contributed by atoms with Crippen molar-refractivity contribution in [3.63, 3.8) is 0 Å². The second kappa shape index (κ2) is 7.59. The summed E-state index contributed by atoms with van der Waals surface area (Å²) in [6.07, 6.45) is 0. The van der Waals surface area contributed by atoms with Crippen LogP contribution in [0.3, 0.4) is 0 Å². The van der Waals surface area contributed by atoms with Gasteiger partial charge >= 0.3 is 5.97 Å². The van der Waals surface area contributed by atoms with Crippen LogP contribution in [0.4, 0.5) is 0 Å². The molecule has 0 bridgehead atoms. The average Bonchev–Trinajstić information content (AvgIpc) is 2.73. The molecule has 128 valence electrons. The van der Waals surface area contributed by atoms with Gasteiger partial charge in [-0.15, -0.1) is 0 Å². The molecule has 0 radical (unpaired) electrons. The highest BCUT2D eigenvalue weighted by Crippen LogP contribution is 2.22. The van der Waals surface area contributed by atoms with Crippen molar-refractivity contribution >= 4 is 16.7 Å². The molecule has 4 aromatic rings. The molecule has 27 heavy (non-hydrogen) atoms. The number of carbonyl (C=O) groups is 1. The molecular formula is C25H16O2.